The van der Waals surface area contributed by atoms with Crippen LogP contribution < -0.4 is 4.74 Å². The average Bonchev–Trinajstić information content (AvgIpc) is 2.52. The molecule has 1 amide bonds. The van der Waals surface area contributed by atoms with Crippen molar-refractivity contribution < 1.29 is 14.0 Å². The highest BCUT2D eigenvalue weighted by molar-refractivity contribution is 6.48. The molecule has 1 atom stereocenters. The third-order valence-electron chi connectivity index (χ3n) is 4.05. The number of hydrogen-bond donors (Lipinski definition) is 0. The topological polar surface area (TPSA) is 38.8 Å². The zero-order valence-corrected chi connectivity index (χ0v) is 16.3. The van der Waals surface area contributed by atoms with E-state index in [0.717, 1.165) is 6.42 Å². The maximum absolute atomic E-state index is 12.7. The minimum absolute atomic E-state index is 0.00584. The molecule has 0 bridgehead atoms. The van der Waals surface area contributed by atoms with Crippen molar-refractivity contribution in [1.82, 2.24) is 4.90 Å². The van der Waals surface area contributed by atoms with E-state index in [1.54, 1.807) is 12.1 Å². The lowest BCUT2D eigenvalue weighted by Gasteiger charge is -2.40. The second-order valence-corrected chi connectivity index (χ2v) is 9.41. The molecule has 1 heterocycles. The fourth-order valence-electron chi connectivity index (χ4n) is 2.92. The predicted octanol–water partition coefficient (Wildman–Crippen LogP) is 4.50. The molecule has 2 rings (SSSR count). The normalized spacial score (nSPS) is 18.5. The van der Waals surface area contributed by atoms with Gasteiger partial charge in [-0.15, -0.1) is 0 Å². The molecule has 1 unspecified atom stereocenters. The quantitative estimate of drug-likeness (QED) is 0.595. The van der Waals surface area contributed by atoms with Crippen LogP contribution in [-0.2, 0) is 4.43 Å². The van der Waals surface area contributed by atoms with E-state index < -0.39 is 9.04 Å². The van der Waals surface area contributed by atoms with E-state index >= 15 is 0 Å². The first kappa shape index (κ1) is 18.7. The highest BCUT2D eigenvalue weighted by atomic mass is 28.3. The van der Waals surface area contributed by atoms with Gasteiger partial charge in [-0.3, -0.25) is 4.90 Å². The van der Waals surface area contributed by atoms with E-state index in [1.807, 2.05) is 23.1 Å². The first-order valence-corrected chi connectivity index (χ1v) is 10.9. The van der Waals surface area contributed by atoms with Crippen LogP contribution in [0.3, 0.4) is 0 Å². The highest BCUT2D eigenvalue weighted by Gasteiger charge is 2.36. The number of carbonyl (C=O) groups is 1. The number of para-hydroxylation sites is 1. The van der Waals surface area contributed by atoms with Crippen molar-refractivity contribution in [2.45, 2.75) is 46.3 Å². The van der Waals surface area contributed by atoms with E-state index in [9.17, 15) is 4.79 Å². The Morgan fingerprint density at radius 2 is 1.92 bits per heavy atom. The number of rotatable bonds is 4. The van der Waals surface area contributed by atoms with Crippen LogP contribution in [0.1, 0.15) is 27.2 Å². The molecule has 131 valence electrons. The molecule has 1 radical (unpaired) electrons. The van der Waals surface area contributed by atoms with Gasteiger partial charge in [0.15, 0.2) is 0 Å². The summed E-state index contributed by atoms with van der Waals surface area (Å²) in [5, 5.41) is 0. The summed E-state index contributed by atoms with van der Waals surface area (Å²) in [6, 6.07) is 9.17. The average molecular weight is 347 g/mol. The Morgan fingerprint density at radius 3 is 2.50 bits per heavy atom. The summed E-state index contributed by atoms with van der Waals surface area (Å²) >= 11 is 0. The van der Waals surface area contributed by atoms with Crippen molar-refractivity contribution >= 4 is 15.1 Å². The van der Waals surface area contributed by atoms with Gasteiger partial charge in [-0.05, 0) is 42.6 Å². The van der Waals surface area contributed by atoms with Crippen LogP contribution in [0.15, 0.2) is 42.0 Å². The number of amides is 1. The van der Waals surface area contributed by atoms with Gasteiger partial charge >= 0.3 is 6.09 Å². The van der Waals surface area contributed by atoms with E-state index in [2.05, 4.69) is 39.9 Å². The van der Waals surface area contributed by atoms with E-state index in [1.165, 1.54) is 5.57 Å². The molecule has 1 aromatic carbocycles. The molecule has 0 fully saturated rings. The van der Waals surface area contributed by atoms with Crippen molar-refractivity contribution in [3.63, 3.8) is 0 Å². The van der Waals surface area contributed by atoms with Gasteiger partial charge in [0.25, 0.3) is 0 Å². The molecule has 1 aromatic rings. The molecule has 1 aliphatic heterocycles. The molecule has 0 aromatic heterocycles. The van der Waals surface area contributed by atoms with Crippen molar-refractivity contribution in [2.75, 3.05) is 13.2 Å². The van der Waals surface area contributed by atoms with Crippen LogP contribution in [0.25, 0.3) is 0 Å². The largest absolute Gasteiger partial charge is 0.415 e. The van der Waals surface area contributed by atoms with Gasteiger partial charge in [-0.25, -0.2) is 4.79 Å². The van der Waals surface area contributed by atoms with Crippen LogP contribution >= 0.6 is 0 Å². The smallest absolute Gasteiger partial charge is 0.415 e. The molecule has 0 saturated carbocycles. The number of hydrogen-bond acceptors (Lipinski definition) is 3. The number of ether oxygens (including phenoxy) is 1. The molecule has 24 heavy (non-hydrogen) atoms. The molecule has 1 aliphatic rings. The Kier molecular flexibility index (Phi) is 6.24. The molecule has 0 aliphatic carbocycles. The second kappa shape index (κ2) is 7.99. The van der Waals surface area contributed by atoms with Gasteiger partial charge in [-0.2, -0.15) is 0 Å². The number of carbonyl (C=O) groups excluding carboxylic acids is 1. The van der Waals surface area contributed by atoms with Crippen LogP contribution in [-0.4, -0.2) is 39.2 Å². The first-order valence-electron chi connectivity index (χ1n) is 8.46. The lowest BCUT2D eigenvalue weighted by Crippen LogP contribution is -2.50. The summed E-state index contributed by atoms with van der Waals surface area (Å²) < 4.78 is 11.5. The third kappa shape index (κ3) is 4.95. The van der Waals surface area contributed by atoms with Crippen LogP contribution in [0.2, 0.25) is 13.1 Å². The molecule has 0 spiro atoms. The standard InChI is InChI=1S/C19H28NO3Si/c1-19(2,3)16-12-9-13-20(17(16)14-22-24(4)5)18(21)23-15-10-7-6-8-11-15/h6-8,10-12,17H,9,13-14H2,1-5H3. The lowest BCUT2D eigenvalue weighted by molar-refractivity contribution is 0.109. The Balaban J connectivity index is 2.19. The zero-order valence-electron chi connectivity index (χ0n) is 15.3. The minimum Gasteiger partial charge on any atom is -0.415 e. The van der Waals surface area contributed by atoms with Gasteiger partial charge in [0.05, 0.1) is 12.6 Å². The zero-order chi connectivity index (χ0) is 17.7. The fraction of sp³-hybridized carbons (Fsp3) is 0.526. The molecular formula is C19H28NO3Si. The van der Waals surface area contributed by atoms with Crippen LogP contribution in [0, 0.1) is 5.41 Å². The fourth-order valence-corrected chi connectivity index (χ4v) is 3.41. The summed E-state index contributed by atoms with van der Waals surface area (Å²) in [7, 11) is -0.814. The Bertz CT molecular complexity index is 578. The Labute approximate surface area is 147 Å². The monoisotopic (exact) mass is 346 g/mol. The molecule has 0 saturated heterocycles. The van der Waals surface area contributed by atoms with E-state index in [0.29, 0.717) is 18.9 Å². The van der Waals surface area contributed by atoms with E-state index in [-0.39, 0.29) is 17.6 Å². The summed E-state index contributed by atoms with van der Waals surface area (Å²) in [5.74, 6) is 0.574. The third-order valence-corrected chi connectivity index (χ3v) is 4.79. The number of benzene rings is 1. The minimum atomic E-state index is -0.814. The van der Waals surface area contributed by atoms with Crippen molar-refractivity contribution in [1.29, 1.82) is 0 Å². The number of nitrogens with zero attached hydrogens (tertiary/aromatic N) is 1. The van der Waals surface area contributed by atoms with E-state index in [4.69, 9.17) is 9.16 Å². The van der Waals surface area contributed by atoms with Gasteiger partial charge in [-0.1, -0.05) is 45.0 Å². The SMILES string of the molecule is C[Si](C)OCC1C(C(C)(C)C)=CCCN1C(=O)Oc1ccccc1. The van der Waals surface area contributed by atoms with Gasteiger partial charge in [0.1, 0.15) is 5.75 Å². The summed E-state index contributed by atoms with van der Waals surface area (Å²) in [6.45, 7) is 12.0. The molecule has 4 nitrogen and oxygen atoms in total. The van der Waals surface area contributed by atoms with Gasteiger partial charge in [0, 0.05) is 6.54 Å². The van der Waals surface area contributed by atoms with Crippen LogP contribution in [0.5, 0.6) is 5.75 Å². The Hall–Kier alpha value is -1.59. The Morgan fingerprint density at radius 1 is 1.25 bits per heavy atom. The predicted molar refractivity (Wildman–Crippen MR) is 98.5 cm³/mol. The molecule has 5 heteroatoms. The maximum Gasteiger partial charge on any atom is 0.415 e. The molecular weight excluding hydrogens is 318 g/mol. The van der Waals surface area contributed by atoms with Gasteiger partial charge in [0.2, 0.25) is 9.04 Å². The summed E-state index contributed by atoms with van der Waals surface area (Å²) in [5.41, 5.74) is 1.25. The van der Waals surface area contributed by atoms with Crippen molar-refractivity contribution in [3.05, 3.63) is 42.0 Å². The maximum atomic E-state index is 12.7. The van der Waals surface area contributed by atoms with Crippen molar-refractivity contribution in [3.8, 4) is 5.75 Å². The van der Waals surface area contributed by atoms with Gasteiger partial charge < -0.3 is 9.16 Å². The second-order valence-electron chi connectivity index (χ2n) is 7.31. The highest BCUT2D eigenvalue weighted by Crippen LogP contribution is 2.34. The molecule has 0 N–H and O–H groups in total. The summed E-state index contributed by atoms with van der Waals surface area (Å²) in [4.78, 5) is 14.5. The summed E-state index contributed by atoms with van der Waals surface area (Å²) in [6.07, 6.45) is 2.81. The van der Waals surface area contributed by atoms with Crippen LogP contribution in [0.4, 0.5) is 4.79 Å². The lowest BCUT2D eigenvalue weighted by atomic mass is 9.79. The van der Waals surface area contributed by atoms with Crippen molar-refractivity contribution in [2.24, 2.45) is 5.41 Å². The first-order chi connectivity index (χ1) is 11.3.